The van der Waals surface area contributed by atoms with Crippen molar-refractivity contribution in [2.75, 3.05) is 69.6 Å². The number of urea groups is 1. The highest BCUT2D eigenvalue weighted by molar-refractivity contribution is 5.90. The van der Waals surface area contributed by atoms with E-state index in [1.165, 1.54) is 30.6 Å². The third-order valence-corrected chi connectivity index (χ3v) is 5.65. The zero-order chi connectivity index (χ0) is 19.2. The number of rotatable bonds is 6. The average Bonchev–Trinajstić information content (AvgIpc) is 3.08. The molecule has 1 aromatic carbocycles. The molecule has 0 bridgehead atoms. The fourth-order valence-electron chi connectivity index (χ4n) is 4.09. The van der Waals surface area contributed by atoms with E-state index in [4.69, 9.17) is 0 Å². The third kappa shape index (κ3) is 5.84. The van der Waals surface area contributed by atoms with Gasteiger partial charge < -0.3 is 25.3 Å². The molecule has 2 aliphatic rings. The molecule has 2 amide bonds. The summed E-state index contributed by atoms with van der Waals surface area (Å²) in [6.45, 7) is 12.7. The van der Waals surface area contributed by atoms with Crippen LogP contribution in [0, 0.1) is 12.8 Å². The average molecular weight is 374 g/mol. The Labute approximate surface area is 163 Å². The number of likely N-dealkylation sites (tertiary alicyclic amines) is 1. The van der Waals surface area contributed by atoms with Crippen LogP contribution in [-0.2, 0) is 0 Å². The number of nitrogens with zero attached hydrogens (tertiary/aromatic N) is 3. The van der Waals surface area contributed by atoms with Crippen molar-refractivity contribution < 1.29 is 4.79 Å². The smallest absolute Gasteiger partial charge is 0.319 e. The minimum Gasteiger partial charge on any atom is -0.369 e. The van der Waals surface area contributed by atoms with Crippen molar-refractivity contribution >= 4 is 17.4 Å². The predicted octanol–water partition coefficient (Wildman–Crippen LogP) is 2.60. The summed E-state index contributed by atoms with van der Waals surface area (Å²) in [6, 6.07) is 6.24. The lowest BCUT2D eigenvalue weighted by Gasteiger charge is -2.34. The van der Waals surface area contributed by atoms with Crippen LogP contribution in [0.15, 0.2) is 18.2 Å². The lowest BCUT2D eigenvalue weighted by molar-refractivity contribution is 0.249. The summed E-state index contributed by atoms with van der Waals surface area (Å²) in [4.78, 5) is 19.6. The topological polar surface area (TPSA) is 50.9 Å². The van der Waals surface area contributed by atoms with E-state index in [0.717, 1.165) is 51.5 Å². The SMILES string of the molecule is CCCN1CC[C@H](CNC(=O)Nc2cc(C)cc(N3CCN(C)CC3)c2)C1. The van der Waals surface area contributed by atoms with Crippen molar-refractivity contribution in [3.63, 3.8) is 0 Å². The van der Waals surface area contributed by atoms with Gasteiger partial charge in [0.15, 0.2) is 0 Å². The van der Waals surface area contributed by atoms with Gasteiger partial charge in [0.05, 0.1) is 0 Å². The third-order valence-electron chi connectivity index (χ3n) is 5.65. The fourth-order valence-corrected chi connectivity index (χ4v) is 4.09. The molecule has 1 atom stereocenters. The number of carbonyl (C=O) groups excluding carboxylic acids is 1. The number of amides is 2. The maximum Gasteiger partial charge on any atom is 0.319 e. The van der Waals surface area contributed by atoms with Crippen LogP contribution in [0.5, 0.6) is 0 Å². The lowest BCUT2D eigenvalue weighted by atomic mass is 10.1. The number of anilines is 2. The zero-order valence-electron chi connectivity index (χ0n) is 17.1. The Hall–Kier alpha value is -1.79. The minimum absolute atomic E-state index is 0.0983. The number of likely N-dealkylation sites (N-methyl/N-ethyl adjacent to an activating group) is 1. The molecular weight excluding hydrogens is 338 g/mol. The van der Waals surface area contributed by atoms with Crippen molar-refractivity contribution in [3.05, 3.63) is 23.8 Å². The monoisotopic (exact) mass is 373 g/mol. The van der Waals surface area contributed by atoms with Gasteiger partial charge in [0, 0.05) is 50.6 Å². The fraction of sp³-hybridized carbons (Fsp3) is 0.667. The number of piperazine rings is 1. The van der Waals surface area contributed by atoms with Crippen LogP contribution in [-0.4, -0.2) is 75.2 Å². The molecule has 0 saturated carbocycles. The van der Waals surface area contributed by atoms with Crippen LogP contribution in [0.2, 0.25) is 0 Å². The highest BCUT2D eigenvalue weighted by atomic mass is 16.2. The summed E-state index contributed by atoms with van der Waals surface area (Å²) in [5.74, 6) is 0.570. The molecule has 0 aromatic heterocycles. The molecule has 1 aromatic rings. The van der Waals surface area contributed by atoms with Gasteiger partial charge in [-0.2, -0.15) is 0 Å². The lowest BCUT2D eigenvalue weighted by Crippen LogP contribution is -2.44. The molecule has 3 rings (SSSR count). The van der Waals surface area contributed by atoms with Crippen LogP contribution in [0.25, 0.3) is 0 Å². The summed E-state index contributed by atoms with van der Waals surface area (Å²) in [5.41, 5.74) is 3.25. The molecule has 0 spiro atoms. The van der Waals surface area contributed by atoms with Crippen molar-refractivity contribution in [1.29, 1.82) is 0 Å². The molecule has 27 heavy (non-hydrogen) atoms. The van der Waals surface area contributed by atoms with Gasteiger partial charge in [0.1, 0.15) is 0 Å². The van der Waals surface area contributed by atoms with E-state index in [1.807, 2.05) is 6.07 Å². The summed E-state index contributed by atoms with van der Waals surface area (Å²) in [7, 11) is 2.16. The molecule has 2 heterocycles. The van der Waals surface area contributed by atoms with Gasteiger partial charge in [-0.1, -0.05) is 6.92 Å². The van der Waals surface area contributed by atoms with Gasteiger partial charge in [-0.25, -0.2) is 4.79 Å². The van der Waals surface area contributed by atoms with E-state index in [2.05, 4.69) is 58.4 Å². The van der Waals surface area contributed by atoms with Crippen LogP contribution in [0.4, 0.5) is 16.2 Å². The second-order valence-electron chi connectivity index (χ2n) is 8.14. The first-order valence-electron chi connectivity index (χ1n) is 10.4. The summed E-state index contributed by atoms with van der Waals surface area (Å²) in [5, 5.41) is 6.09. The van der Waals surface area contributed by atoms with Crippen molar-refractivity contribution in [1.82, 2.24) is 15.1 Å². The van der Waals surface area contributed by atoms with Gasteiger partial charge in [-0.3, -0.25) is 0 Å². The van der Waals surface area contributed by atoms with Crippen molar-refractivity contribution in [2.24, 2.45) is 5.92 Å². The van der Waals surface area contributed by atoms with Gasteiger partial charge in [-0.15, -0.1) is 0 Å². The molecule has 2 fully saturated rings. The molecular formula is C21H35N5O. The largest absolute Gasteiger partial charge is 0.369 e. The Morgan fingerprint density at radius 2 is 1.93 bits per heavy atom. The quantitative estimate of drug-likeness (QED) is 0.805. The van der Waals surface area contributed by atoms with Gasteiger partial charge in [-0.05, 0) is 69.6 Å². The maximum absolute atomic E-state index is 12.4. The summed E-state index contributed by atoms with van der Waals surface area (Å²) >= 11 is 0. The molecule has 2 aliphatic heterocycles. The Bertz CT molecular complexity index is 627. The normalized spacial score (nSPS) is 21.4. The van der Waals surface area contributed by atoms with E-state index >= 15 is 0 Å². The Morgan fingerprint density at radius 3 is 2.67 bits per heavy atom. The number of benzene rings is 1. The number of hydrogen-bond donors (Lipinski definition) is 2. The van der Waals surface area contributed by atoms with Crippen LogP contribution in [0.3, 0.4) is 0 Å². The standard InChI is InChI=1S/C21H35N5O/c1-4-6-25-7-5-18(16-25)15-22-21(27)23-19-12-17(2)13-20(14-19)26-10-8-24(3)9-11-26/h12-14,18H,4-11,15-16H2,1-3H3,(H2,22,23,27)/t18-/m1/s1. The molecule has 0 unspecified atom stereocenters. The van der Waals surface area contributed by atoms with Crippen LogP contribution < -0.4 is 15.5 Å². The molecule has 2 saturated heterocycles. The van der Waals surface area contributed by atoms with E-state index in [1.54, 1.807) is 0 Å². The highest BCUT2D eigenvalue weighted by Crippen LogP contribution is 2.23. The molecule has 2 N–H and O–H groups in total. The highest BCUT2D eigenvalue weighted by Gasteiger charge is 2.22. The summed E-state index contributed by atoms with van der Waals surface area (Å²) < 4.78 is 0. The first-order chi connectivity index (χ1) is 13.0. The van der Waals surface area contributed by atoms with E-state index in [-0.39, 0.29) is 6.03 Å². The number of carbonyl (C=O) groups is 1. The predicted molar refractivity (Wildman–Crippen MR) is 113 cm³/mol. The molecule has 6 heteroatoms. The molecule has 150 valence electrons. The van der Waals surface area contributed by atoms with Crippen LogP contribution in [0.1, 0.15) is 25.3 Å². The zero-order valence-corrected chi connectivity index (χ0v) is 17.1. The van der Waals surface area contributed by atoms with Gasteiger partial charge >= 0.3 is 6.03 Å². The second-order valence-corrected chi connectivity index (χ2v) is 8.14. The van der Waals surface area contributed by atoms with Gasteiger partial charge in [0.25, 0.3) is 0 Å². The number of hydrogen-bond acceptors (Lipinski definition) is 4. The number of nitrogens with one attached hydrogen (secondary N) is 2. The van der Waals surface area contributed by atoms with Crippen molar-refractivity contribution in [2.45, 2.75) is 26.7 Å². The summed E-state index contributed by atoms with van der Waals surface area (Å²) in [6.07, 6.45) is 2.38. The molecule has 6 nitrogen and oxygen atoms in total. The van der Waals surface area contributed by atoms with Crippen LogP contribution >= 0.6 is 0 Å². The first-order valence-corrected chi connectivity index (χ1v) is 10.4. The Balaban J connectivity index is 1.50. The Morgan fingerprint density at radius 1 is 1.15 bits per heavy atom. The van der Waals surface area contributed by atoms with Gasteiger partial charge in [0.2, 0.25) is 0 Å². The minimum atomic E-state index is -0.0983. The first kappa shape index (κ1) is 20.0. The number of aryl methyl sites for hydroxylation is 1. The van der Waals surface area contributed by atoms with E-state index in [9.17, 15) is 4.79 Å². The molecule has 0 aliphatic carbocycles. The Kier molecular flexibility index (Phi) is 6.96. The maximum atomic E-state index is 12.4. The van der Waals surface area contributed by atoms with E-state index < -0.39 is 0 Å². The second kappa shape index (κ2) is 9.42. The molecule has 0 radical (unpaired) electrons. The van der Waals surface area contributed by atoms with Crippen molar-refractivity contribution in [3.8, 4) is 0 Å². The van der Waals surface area contributed by atoms with E-state index in [0.29, 0.717) is 5.92 Å².